The predicted octanol–water partition coefficient (Wildman–Crippen LogP) is 0.614. The van der Waals surface area contributed by atoms with Crippen LogP contribution in [0.15, 0.2) is 24.3 Å². The molecule has 0 aromatic heterocycles. The van der Waals surface area contributed by atoms with Crippen LogP contribution in [0.1, 0.15) is 6.92 Å². The lowest BCUT2D eigenvalue weighted by atomic mass is 10.2. The largest absolute Gasteiger partial charge is 0.489 e. The molecular formula is C15H22FN3O2. The minimum Gasteiger partial charge on any atom is -0.489 e. The standard InChI is InChI=1S/C15H22FN3O2/c1-2-18-15(20)13-11-17-7-8-19(13)9-10-21-14-6-4-3-5-12(14)16/h3-6,13,17H,2,7-11H2,1H3,(H,18,20). The summed E-state index contributed by atoms with van der Waals surface area (Å²) < 4.78 is 18.9. The molecule has 1 fully saturated rings. The monoisotopic (exact) mass is 295 g/mol. The van der Waals surface area contributed by atoms with E-state index in [2.05, 4.69) is 15.5 Å². The maximum absolute atomic E-state index is 13.4. The van der Waals surface area contributed by atoms with E-state index in [1.165, 1.54) is 6.07 Å². The fraction of sp³-hybridized carbons (Fsp3) is 0.533. The first kappa shape index (κ1) is 15.7. The Balaban J connectivity index is 1.85. The van der Waals surface area contributed by atoms with Gasteiger partial charge in [0.1, 0.15) is 12.6 Å². The lowest BCUT2D eigenvalue weighted by Crippen LogP contribution is -2.58. The van der Waals surface area contributed by atoms with Crippen molar-refractivity contribution in [3.63, 3.8) is 0 Å². The summed E-state index contributed by atoms with van der Waals surface area (Å²) in [6, 6.07) is 6.15. The lowest BCUT2D eigenvalue weighted by molar-refractivity contribution is -0.127. The van der Waals surface area contributed by atoms with Crippen LogP contribution in [0, 0.1) is 5.82 Å². The molecular weight excluding hydrogens is 273 g/mol. The number of amides is 1. The van der Waals surface area contributed by atoms with Crippen LogP contribution in [-0.2, 0) is 4.79 Å². The van der Waals surface area contributed by atoms with Gasteiger partial charge in [-0.2, -0.15) is 0 Å². The van der Waals surface area contributed by atoms with Crippen molar-refractivity contribution in [2.24, 2.45) is 0 Å². The molecule has 1 aliphatic heterocycles. The van der Waals surface area contributed by atoms with Gasteiger partial charge in [0, 0.05) is 32.7 Å². The molecule has 116 valence electrons. The van der Waals surface area contributed by atoms with Gasteiger partial charge in [0.2, 0.25) is 5.91 Å². The molecule has 1 aromatic carbocycles. The van der Waals surface area contributed by atoms with Gasteiger partial charge in [-0.1, -0.05) is 12.1 Å². The third-order valence-electron chi connectivity index (χ3n) is 3.48. The Bertz CT molecular complexity index is 470. The van der Waals surface area contributed by atoms with E-state index in [1.807, 2.05) is 6.92 Å². The van der Waals surface area contributed by atoms with Crippen LogP contribution < -0.4 is 15.4 Å². The highest BCUT2D eigenvalue weighted by molar-refractivity contribution is 5.82. The molecule has 0 saturated carbocycles. The number of hydrogen-bond acceptors (Lipinski definition) is 4. The average Bonchev–Trinajstić information content (AvgIpc) is 2.50. The van der Waals surface area contributed by atoms with Crippen LogP contribution in [0.4, 0.5) is 4.39 Å². The Morgan fingerprint density at radius 3 is 3.10 bits per heavy atom. The van der Waals surface area contributed by atoms with E-state index in [0.717, 1.165) is 13.1 Å². The predicted molar refractivity (Wildman–Crippen MR) is 78.8 cm³/mol. The molecule has 1 aromatic rings. The Morgan fingerprint density at radius 2 is 2.33 bits per heavy atom. The number of hydrogen-bond donors (Lipinski definition) is 2. The summed E-state index contributed by atoms with van der Waals surface area (Å²) in [5.74, 6) is -0.0872. The number of piperazine rings is 1. The van der Waals surface area contributed by atoms with E-state index < -0.39 is 0 Å². The SMILES string of the molecule is CCNC(=O)C1CNCCN1CCOc1ccccc1F. The maximum Gasteiger partial charge on any atom is 0.238 e. The van der Waals surface area contributed by atoms with Crippen molar-refractivity contribution in [3.8, 4) is 5.75 Å². The van der Waals surface area contributed by atoms with Gasteiger partial charge in [-0.05, 0) is 19.1 Å². The van der Waals surface area contributed by atoms with Gasteiger partial charge in [-0.3, -0.25) is 9.69 Å². The van der Waals surface area contributed by atoms with E-state index >= 15 is 0 Å². The summed E-state index contributed by atoms with van der Waals surface area (Å²) in [5, 5.41) is 6.06. The zero-order valence-corrected chi connectivity index (χ0v) is 12.3. The summed E-state index contributed by atoms with van der Waals surface area (Å²) in [7, 11) is 0. The Morgan fingerprint density at radius 1 is 1.52 bits per heavy atom. The topological polar surface area (TPSA) is 53.6 Å². The Kier molecular flexibility index (Phi) is 5.95. The molecule has 2 rings (SSSR count). The highest BCUT2D eigenvalue weighted by Crippen LogP contribution is 2.15. The van der Waals surface area contributed by atoms with Crippen LogP contribution in [0.2, 0.25) is 0 Å². The Labute approximate surface area is 124 Å². The highest BCUT2D eigenvalue weighted by Gasteiger charge is 2.27. The van der Waals surface area contributed by atoms with Gasteiger partial charge in [-0.25, -0.2) is 4.39 Å². The molecule has 5 nitrogen and oxygen atoms in total. The number of likely N-dealkylation sites (N-methyl/N-ethyl adjacent to an activating group) is 1. The third-order valence-corrected chi connectivity index (χ3v) is 3.48. The summed E-state index contributed by atoms with van der Waals surface area (Å²) in [6.07, 6.45) is 0. The van der Waals surface area contributed by atoms with E-state index in [-0.39, 0.29) is 23.5 Å². The first-order valence-corrected chi connectivity index (χ1v) is 7.32. The molecule has 1 aliphatic rings. The summed E-state index contributed by atoms with van der Waals surface area (Å²) in [5.41, 5.74) is 0. The van der Waals surface area contributed by atoms with E-state index in [4.69, 9.17) is 4.74 Å². The van der Waals surface area contributed by atoms with Crippen LogP contribution in [-0.4, -0.2) is 56.2 Å². The van der Waals surface area contributed by atoms with Gasteiger partial charge in [0.25, 0.3) is 0 Å². The van der Waals surface area contributed by atoms with Gasteiger partial charge >= 0.3 is 0 Å². The molecule has 6 heteroatoms. The fourth-order valence-corrected chi connectivity index (χ4v) is 2.40. The van der Waals surface area contributed by atoms with Gasteiger partial charge in [0.15, 0.2) is 11.6 Å². The quantitative estimate of drug-likeness (QED) is 0.807. The second-order valence-electron chi connectivity index (χ2n) is 4.93. The van der Waals surface area contributed by atoms with Crippen LogP contribution >= 0.6 is 0 Å². The molecule has 0 bridgehead atoms. The average molecular weight is 295 g/mol. The zero-order chi connectivity index (χ0) is 15.1. The molecule has 1 atom stereocenters. The zero-order valence-electron chi connectivity index (χ0n) is 12.3. The minimum atomic E-state index is -0.363. The molecule has 0 aliphatic carbocycles. The molecule has 0 spiro atoms. The second kappa shape index (κ2) is 7.95. The van der Waals surface area contributed by atoms with Crippen molar-refractivity contribution in [1.29, 1.82) is 0 Å². The van der Waals surface area contributed by atoms with Crippen molar-refractivity contribution < 1.29 is 13.9 Å². The summed E-state index contributed by atoms with van der Waals surface area (Å²) in [4.78, 5) is 14.1. The van der Waals surface area contributed by atoms with Crippen molar-refractivity contribution in [2.75, 3.05) is 39.3 Å². The molecule has 1 saturated heterocycles. The van der Waals surface area contributed by atoms with Gasteiger partial charge in [-0.15, -0.1) is 0 Å². The van der Waals surface area contributed by atoms with Crippen LogP contribution in [0.25, 0.3) is 0 Å². The summed E-state index contributed by atoms with van der Waals surface area (Å²) in [6.45, 7) is 5.73. The first-order valence-electron chi connectivity index (χ1n) is 7.32. The second-order valence-corrected chi connectivity index (χ2v) is 4.93. The third kappa shape index (κ3) is 4.41. The molecule has 1 amide bonds. The fourth-order valence-electron chi connectivity index (χ4n) is 2.40. The number of carbonyl (C=O) groups is 1. The van der Waals surface area contributed by atoms with E-state index in [0.29, 0.717) is 26.2 Å². The summed E-state index contributed by atoms with van der Waals surface area (Å²) >= 11 is 0. The van der Waals surface area contributed by atoms with E-state index in [1.54, 1.807) is 18.2 Å². The van der Waals surface area contributed by atoms with Crippen LogP contribution in [0.5, 0.6) is 5.75 Å². The highest BCUT2D eigenvalue weighted by atomic mass is 19.1. The Hall–Kier alpha value is -1.66. The minimum absolute atomic E-state index is 0.0237. The molecule has 1 unspecified atom stereocenters. The number of carbonyl (C=O) groups excluding carboxylic acids is 1. The van der Waals surface area contributed by atoms with Crippen LogP contribution in [0.3, 0.4) is 0 Å². The number of halogens is 1. The maximum atomic E-state index is 13.4. The molecule has 2 N–H and O–H groups in total. The first-order chi connectivity index (χ1) is 10.2. The van der Waals surface area contributed by atoms with E-state index in [9.17, 15) is 9.18 Å². The normalized spacial score (nSPS) is 19.2. The number of ether oxygens (including phenoxy) is 1. The van der Waals surface area contributed by atoms with Gasteiger partial charge in [0.05, 0.1) is 0 Å². The molecule has 21 heavy (non-hydrogen) atoms. The lowest BCUT2D eigenvalue weighted by Gasteiger charge is -2.34. The number of para-hydroxylation sites is 1. The van der Waals surface area contributed by atoms with Gasteiger partial charge < -0.3 is 15.4 Å². The van der Waals surface area contributed by atoms with Crippen molar-refractivity contribution in [3.05, 3.63) is 30.1 Å². The number of nitrogens with zero attached hydrogens (tertiary/aromatic N) is 1. The molecule has 0 radical (unpaired) electrons. The number of nitrogens with one attached hydrogen (secondary N) is 2. The smallest absolute Gasteiger partial charge is 0.238 e. The number of rotatable bonds is 6. The molecule has 1 heterocycles. The van der Waals surface area contributed by atoms with Crippen molar-refractivity contribution in [2.45, 2.75) is 13.0 Å². The van der Waals surface area contributed by atoms with Crippen molar-refractivity contribution in [1.82, 2.24) is 15.5 Å². The van der Waals surface area contributed by atoms with Crippen molar-refractivity contribution >= 4 is 5.91 Å². The number of benzene rings is 1.